The molecule has 0 aromatic carbocycles. The van der Waals surface area contributed by atoms with Crippen molar-refractivity contribution in [3.8, 4) is 0 Å². The molecule has 3 heteroatoms. The highest BCUT2D eigenvalue weighted by atomic mass is 35.5. The monoisotopic (exact) mass is 239 g/mol. The van der Waals surface area contributed by atoms with Crippen LogP contribution in [0.4, 0.5) is 0 Å². The molecular formula is C13H18ClNO. The molecule has 1 aromatic rings. The first-order chi connectivity index (χ1) is 7.66. The summed E-state index contributed by atoms with van der Waals surface area (Å²) in [6, 6.07) is 1.95. The van der Waals surface area contributed by atoms with E-state index in [2.05, 4.69) is 11.9 Å². The van der Waals surface area contributed by atoms with Crippen molar-refractivity contribution in [2.45, 2.75) is 38.7 Å². The van der Waals surface area contributed by atoms with E-state index in [4.69, 9.17) is 11.6 Å². The Morgan fingerprint density at radius 3 is 3.06 bits per heavy atom. The van der Waals surface area contributed by atoms with Crippen molar-refractivity contribution in [1.29, 1.82) is 0 Å². The van der Waals surface area contributed by atoms with Crippen LogP contribution in [0.3, 0.4) is 0 Å². The number of rotatable bonds is 2. The minimum atomic E-state index is -0.166. The van der Waals surface area contributed by atoms with Gasteiger partial charge in [-0.25, -0.2) is 0 Å². The molecule has 1 aliphatic rings. The maximum Gasteiger partial charge on any atom is 0.0621 e. The van der Waals surface area contributed by atoms with Crippen molar-refractivity contribution in [1.82, 2.24) is 4.98 Å². The minimum Gasteiger partial charge on any atom is -0.393 e. The third-order valence-electron chi connectivity index (χ3n) is 3.54. The Morgan fingerprint density at radius 1 is 1.50 bits per heavy atom. The van der Waals surface area contributed by atoms with Crippen molar-refractivity contribution in [2.75, 3.05) is 0 Å². The number of pyridine rings is 1. The smallest absolute Gasteiger partial charge is 0.0621 e. The molecule has 1 fully saturated rings. The Labute approximate surface area is 102 Å². The fourth-order valence-corrected chi connectivity index (χ4v) is 2.75. The Bertz CT molecular complexity index is 356. The SMILES string of the molecule is CC1CCC(O)C(Cc2ccncc2Cl)C1. The van der Waals surface area contributed by atoms with Gasteiger partial charge >= 0.3 is 0 Å². The van der Waals surface area contributed by atoms with Crippen molar-refractivity contribution in [3.63, 3.8) is 0 Å². The normalized spacial score (nSPS) is 30.3. The van der Waals surface area contributed by atoms with Crippen LogP contribution in [-0.2, 0) is 6.42 Å². The lowest BCUT2D eigenvalue weighted by Crippen LogP contribution is -2.29. The molecule has 1 aliphatic carbocycles. The summed E-state index contributed by atoms with van der Waals surface area (Å²) in [6.45, 7) is 2.26. The van der Waals surface area contributed by atoms with Gasteiger partial charge in [0.25, 0.3) is 0 Å². The van der Waals surface area contributed by atoms with Crippen molar-refractivity contribution in [2.24, 2.45) is 11.8 Å². The largest absolute Gasteiger partial charge is 0.393 e. The third-order valence-corrected chi connectivity index (χ3v) is 3.88. The number of aliphatic hydroxyl groups excluding tert-OH is 1. The lowest BCUT2D eigenvalue weighted by Gasteiger charge is -2.31. The molecule has 1 saturated carbocycles. The molecular weight excluding hydrogens is 222 g/mol. The Balaban J connectivity index is 2.06. The van der Waals surface area contributed by atoms with Crippen LogP contribution in [0.1, 0.15) is 31.7 Å². The fraction of sp³-hybridized carbons (Fsp3) is 0.615. The van der Waals surface area contributed by atoms with E-state index >= 15 is 0 Å². The molecule has 0 saturated heterocycles. The van der Waals surface area contributed by atoms with Gasteiger partial charge in [-0.3, -0.25) is 4.98 Å². The molecule has 1 aromatic heterocycles. The predicted molar refractivity (Wildman–Crippen MR) is 65.5 cm³/mol. The summed E-state index contributed by atoms with van der Waals surface area (Å²) in [6.07, 6.45) is 7.30. The molecule has 0 bridgehead atoms. The second-order valence-electron chi connectivity index (χ2n) is 4.92. The predicted octanol–water partition coefficient (Wildman–Crippen LogP) is 3.07. The molecule has 0 radical (unpaired) electrons. The maximum absolute atomic E-state index is 9.98. The van der Waals surface area contributed by atoms with Crippen LogP contribution in [0.5, 0.6) is 0 Å². The van der Waals surface area contributed by atoms with E-state index < -0.39 is 0 Å². The molecule has 0 spiro atoms. The topological polar surface area (TPSA) is 33.1 Å². The Kier molecular flexibility index (Phi) is 3.82. The minimum absolute atomic E-state index is 0.166. The van der Waals surface area contributed by atoms with Gasteiger partial charge in [-0.1, -0.05) is 18.5 Å². The summed E-state index contributed by atoms with van der Waals surface area (Å²) in [7, 11) is 0. The summed E-state index contributed by atoms with van der Waals surface area (Å²) in [5, 5.41) is 10.7. The van der Waals surface area contributed by atoms with Gasteiger partial charge in [-0.15, -0.1) is 0 Å². The lowest BCUT2D eigenvalue weighted by molar-refractivity contribution is 0.0519. The molecule has 0 amide bonds. The van der Waals surface area contributed by atoms with Crippen LogP contribution >= 0.6 is 11.6 Å². The lowest BCUT2D eigenvalue weighted by atomic mass is 9.77. The summed E-state index contributed by atoms with van der Waals surface area (Å²) >= 11 is 6.08. The second-order valence-corrected chi connectivity index (χ2v) is 5.32. The van der Waals surface area contributed by atoms with E-state index in [1.807, 2.05) is 6.07 Å². The molecule has 1 N–H and O–H groups in total. The highest BCUT2D eigenvalue weighted by molar-refractivity contribution is 6.31. The molecule has 16 heavy (non-hydrogen) atoms. The zero-order chi connectivity index (χ0) is 11.5. The number of aliphatic hydroxyl groups is 1. The summed E-state index contributed by atoms with van der Waals surface area (Å²) < 4.78 is 0. The number of hydrogen-bond donors (Lipinski definition) is 1. The molecule has 2 nitrogen and oxygen atoms in total. The first kappa shape index (κ1) is 11.9. The number of nitrogens with zero attached hydrogens (tertiary/aromatic N) is 1. The van der Waals surface area contributed by atoms with Gasteiger partial charge in [0.05, 0.1) is 11.1 Å². The number of aromatic nitrogens is 1. The summed E-state index contributed by atoms with van der Waals surface area (Å²) in [4.78, 5) is 3.98. The van der Waals surface area contributed by atoms with Gasteiger partial charge in [0.1, 0.15) is 0 Å². The van der Waals surface area contributed by atoms with Crippen LogP contribution in [-0.4, -0.2) is 16.2 Å². The molecule has 3 unspecified atom stereocenters. The second kappa shape index (κ2) is 5.15. The quantitative estimate of drug-likeness (QED) is 0.861. The fourth-order valence-electron chi connectivity index (χ4n) is 2.55. The zero-order valence-electron chi connectivity index (χ0n) is 9.56. The average molecular weight is 240 g/mol. The van der Waals surface area contributed by atoms with Crippen LogP contribution in [0.15, 0.2) is 18.5 Å². The van der Waals surface area contributed by atoms with E-state index in [-0.39, 0.29) is 6.10 Å². The van der Waals surface area contributed by atoms with Crippen LogP contribution in [0, 0.1) is 11.8 Å². The molecule has 2 rings (SSSR count). The van der Waals surface area contributed by atoms with Crippen molar-refractivity contribution in [3.05, 3.63) is 29.0 Å². The molecule has 88 valence electrons. The molecule has 0 aliphatic heterocycles. The summed E-state index contributed by atoms with van der Waals surface area (Å²) in [5.74, 6) is 1.07. The van der Waals surface area contributed by atoms with Crippen LogP contribution in [0.2, 0.25) is 5.02 Å². The summed E-state index contributed by atoms with van der Waals surface area (Å²) in [5.41, 5.74) is 1.11. The van der Waals surface area contributed by atoms with Gasteiger partial charge < -0.3 is 5.11 Å². The standard InChI is InChI=1S/C13H18ClNO/c1-9-2-3-13(16)11(6-9)7-10-4-5-15-8-12(10)14/h4-5,8-9,11,13,16H,2-3,6-7H2,1H3. The molecule has 1 heterocycles. The first-order valence-corrected chi connectivity index (χ1v) is 6.31. The van der Waals surface area contributed by atoms with Crippen LogP contribution < -0.4 is 0 Å². The number of halogens is 1. The maximum atomic E-state index is 9.98. The molecule has 3 atom stereocenters. The van der Waals surface area contributed by atoms with E-state index in [1.165, 1.54) is 0 Å². The third kappa shape index (κ3) is 2.74. The van der Waals surface area contributed by atoms with E-state index in [9.17, 15) is 5.11 Å². The van der Waals surface area contributed by atoms with E-state index in [0.29, 0.717) is 16.9 Å². The van der Waals surface area contributed by atoms with Gasteiger partial charge in [-0.05, 0) is 49.1 Å². The van der Waals surface area contributed by atoms with Gasteiger partial charge in [0, 0.05) is 12.4 Å². The van der Waals surface area contributed by atoms with Crippen LogP contribution in [0.25, 0.3) is 0 Å². The van der Waals surface area contributed by atoms with Gasteiger partial charge in [0.2, 0.25) is 0 Å². The first-order valence-electron chi connectivity index (χ1n) is 5.93. The van der Waals surface area contributed by atoms with E-state index in [0.717, 1.165) is 31.2 Å². The Morgan fingerprint density at radius 2 is 2.31 bits per heavy atom. The van der Waals surface area contributed by atoms with Gasteiger partial charge in [-0.2, -0.15) is 0 Å². The average Bonchev–Trinajstić information content (AvgIpc) is 2.27. The van der Waals surface area contributed by atoms with Gasteiger partial charge in [0.15, 0.2) is 0 Å². The highest BCUT2D eigenvalue weighted by Gasteiger charge is 2.27. The van der Waals surface area contributed by atoms with Crippen molar-refractivity contribution < 1.29 is 5.11 Å². The Hall–Kier alpha value is -0.600. The zero-order valence-corrected chi connectivity index (χ0v) is 10.3. The van der Waals surface area contributed by atoms with E-state index in [1.54, 1.807) is 12.4 Å². The van der Waals surface area contributed by atoms with Crippen molar-refractivity contribution >= 4 is 11.6 Å². The highest BCUT2D eigenvalue weighted by Crippen LogP contribution is 2.32. The number of hydrogen-bond acceptors (Lipinski definition) is 2.